The Balaban J connectivity index is 0.00000176. The number of amides is 1. The van der Waals surface area contributed by atoms with E-state index in [1.54, 1.807) is 24.3 Å². The maximum atomic E-state index is 12.5. The molecular weight excluding hydrogens is 427 g/mol. The molecule has 0 spiro atoms. The number of alkyl halides is 3. The zero-order valence-electron chi connectivity index (χ0n) is 18.0. The Morgan fingerprint density at radius 2 is 1.75 bits per heavy atom. The molecule has 0 aliphatic carbocycles. The second kappa shape index (κ2) is 11.1. The van der Waals surface area contributed by atoms with Crippen molar-refractivity contribution in [2.45, 2.75) is 26.8 Å². The number of methoxy groups -OCH3 is 2. The molecule has 32 heavy (non-hydrogen) atoms. The summed E-state index contributed by atoms with van der Waals surface area (Å²) in [7, 11) is 3.07. The maximum absolute atomic E-state index is 12.5. The van der Waals surface area contributed by atoms with Crippen molar-refractivity contribution in [3.05, 3.63) is 59.8 Å². The van der Waals surface area contributed by atoms with E-state index in [0.29, 0.717) is 28.5 Å². The fourth-order valence-corrected chi connectivity index (χ4v) is 2.74. The molecule has 10 heteroatoms. The number of aromatic amines is 1. The van der Waals surface area contributed by atoms with Gasteiger partial charge in [-0.15, -0.1) is 13.2 Å². The first-order valence-corrected chi connectivity index (χ1v) is 9.70. The van der Waals surface area contributed by atoms with E-state index < -0.39 is 18.0 Å². The number of H-pyrrole nitrogens is 1. The molecule has 0 bridgehead atoms. The summed E-state index contributed by atoms with van der Waals surface area (Å²) >= 11 is 0. The Hall–Kier alpha value is -3.69. The lowest BCUT2D eigenvalue weighted by atomic mass is 10.1. The highest BCUT2D eigenvalue weighted by Gasteiger charge is 2.32. The Morgan fingerprint density at radius 3 is 2.41 bits per heavy atom. The van der Waals surface area contributed by atoms with Crippen LogP contribution in [0, 0.1) is 0 Å². The van der Waals surface area contributed by atoms with Gasteiger partial charge in [0.05, 0.1) is 37.7 Å². The summed E-state index contributed by atoms with van der Waals surface area (Å²) < 4.78 is 52.0. The number of carbonyl (C=O) groups is 1. The molecule has 7 nitrogen and oxygen atoms in total. The summed E-state index contributed by atoms with van der Waals surface area (Å²) in [5.41, 5.74) is 1.53. The number of rotatable bonds is 7. The zero-order valence-corrected chi connectivity index (χ0v) is 18.0. The monoisotopic (exact) mass is 451 g/mol. The van der Waals surface area contributed by atoms with Gasteiger partial charge >= 0.3 is 6.36 Å². The van der Waals surface area contributed by atoms with E-state index in [1.807, 2.05) is 13.8 Å². The Bertz CT molecular complexity index is 1040. The first-order chi connectivity index (χ1) is 15.3. The first kappa shape index (κ1) is 24.6. The Morgan fingerprint density at radius 1 is 1.03 bits per heavy atom. The van der Waals surface area contributed by atoms with Crippen LogP contribution in [-0.2, 0) is 6.54 Å². The van der Waals surface area contributed by atoms with Crippen molar-refractivity contribution >= 4 is 5.91 Å². The topological polar surface area (TPSA) is 85.5 Å². The van der Waals surface area contributed by atoms with Gasteiger partial charge in [-0.2, -0.15) is 5.10 Å². The number of carbonyl (C=O) groups excluding carboxylic acids is 1. The molecule has 0 aliphatic heterocycles. The number of ether oxygens (including phenoxy) is 3. The van der Waals surface area contributed by atoms with E-state index in [9.17, 15) is 18.0 Å². The molecule has 1 amide bonds. The van der Waals surface area contributed by atoms with Crippen LogP contribution < -0.4 is 19.5 Å². The highest BCUT2D eigenvalue weighted by Crippen LogP contribution is 2.32. The normalized spacial score (nSPS) is 10.6. The van der Waals surface area contributed by atoms with Crippen molar-refractivity contribution in [1.82, 2.24) is 15.5 Å². The molecule has 3 rings (SSSR count). The molecule has 0 radical (unpaired) electrons. The van der Waals surface area contributed by atoms with Gasteiger partial charge in [0.25, 0.3) is 5.91 Å². The summed E-state index contributed by atoms with van der Waals surface area (Å²) in [4.78, 5) is 12.4. The van der Waals surface area contributed by atoms with Gasteiger partial charge in [-0.3, -0.25) is 9.89 Å². The molecule has 0 saturated carbocycles. The van der Waals surface area contributed by atoms with Crippen LogP contribution >= 0.6 is 0 Å². The van der Waals surface area contributed by atoms with Gasteiger partial charge in [0.2, 0.25) is 0 Å². The lowest BCUT2D eigenvalue weighted by molar-refractivity contribution is -0.274. The summed E-state index contributed by atoms with van der Waals surface area (Å²) in [5, 5.41) is 9.53. The van der Waals surface area contributed by atoms with Crippen LogP contribution in [0.15, 0.2) is 48.5 Å². The third kappa shape index (κ3) is 6.40. The number of aromatic nitrogens is 2. The van der Waals surface area contributed by atoms with Gasteiger partial charge in [-0.1, -0.05) is 26.0 Å². The fourth-order valence-electron chi connectivity index (χ4n) is 2.74. The van der Waals surface area contributed by atoms with Crippen LogP contribution in [0.4, 0.5) is 13.2 Å². The van der Waals surface area contributed by atoms with Crippen molar-refractivity contribution in [2.75, 3.05) is 14.2 Å². The van der Waals surface area contributed by atoms with E-state index in [2.05, 4.69) is 20.3 Å². The molecule has 1 heterocycles. The van der Waals surface area contributed by atoms with E-state index in [4.69, 9.17) is 9.47 Å². The van der Waals surface area contributed by atoms with Crippen molar-refractivity contribution in [2.24, 2.45) is 0 Å². The first-order valence-electron chi connectivity index (χ1n) is 9.70. The second-order valence-corrected chi connectivity index (χ2v) is 6.07. The summed E-state index contributed by atoms with van der Waals surface area (Å²) in [6.07, 6.45) is -4.90. The number of nitrogens with one attached hydrogen (secondary N) is 2. The molecule has 0 saturated heterocycles. The van der Waals surface area contributed by atoms with Crippen molar-refractivity contribution < 1.29 is 32.2 Å². The van der Waals surface area contributed by atoms with Gasteiger partial charge in [0, 0.05) is 5.56 Å². The second-order valence-electron chi connectivity index (χ2n) is 6.07. The van der Waals surface area contributed by atoms with Crippen LogP contribution in [-0.4, -0.2) is 36.7 Å². The molecule has 3 aromatic rings. The van der Waals surface area contributed by atoms with E-state index in [0.717, 1.165) is 6.07 Å². The van der Waals surface area contributed by atoms with Crippen molar-refractivity contribution in [1.29, 1.82) is 0 Å². The molecule has 2 aromatic carbocycles. The Labute approximate surface area is 183 Å². The molecule has 172 valence electrons. The van der Waals surface area contributed by atoms with E-state index in [-0.39, 0.29) is 12.1 Å². The number of hydrogen-bond acceptors (Lipinski definition) is 5. The highest BCUT2D eigenvalue weighted by molar-refractivity contribution is 5.96. The summed E-state index contributed by atoms with van der Waals surface area (Å²) in [6.45, 7) is 4.01. The fraction of sp³-hybridized carbons (Fsp3) is 0.273. The number of hydrogen-bond donors (Lipinski definition) is 2. The molecule has 0 aliphatic rings. The minimum atomic E-state index is -4.90. The minimum Gasteiger partial charge on any atom is -0.497 e. The third-order valence-electron chi connectivity index (χ3n) is 4.11. The number of halogens is 3. The Kier molecular flexibility index (Phi) is 8.51. The molecular formula is C22H24F3N3O4. The zero-order chi connectivity index (χ0) is 23.7. The number of para-hydroxylation sites is 1. The maximum Gasteiger partial charge on any atom is 0.573 e. The molecule has 1 aromatic heterocycles. The predicted octanol–water partition coefficient (Wildman–Crippen LogP) is 4.95. The van der Waals surface area contributed by atoms with Gasteiger partial charge in [-0.25, -0.2) is 0 Å². The summed E-state index contributed by atoms with van der Waals surface area (Å²) in [6, 6.07) is 12.0. The lowest BCUT2D eigenvalue weighted by Gasteiger charge is -2.12. The van der Waals surface area contributed by atoms with E-state index in [1.165, 1.54) is 32.4 Å². The number of nitrogens with zero attached hydrogens (tertiary/aromatic N) is 1. The average molecular weight is 451 g/mol. The largest absolute Gasteiger partial charge is 0.573 e. The van der Waals surface area contributed by atoms with E-state index >= 15 is 0 Å². The minimum absolute atomic E-state index is 0.0124. The molecule has 0 unspecified atom stereocenters. The molecule has 2 N–H and O–H groups in total. The lowest BCUT2D eigenvalue weighted by Crippen LogP contribution is -2.25. The molecule has 0 fully saturated rings. The van der Waals surface area contributed by atoms with Crippen LogP contribution in [0.25, 0.3) is 11.3 Å². The van der Waals surface area contributed by atoms with Gasteiger partial charge in [0.15, 0.2) is 0 Å². The average Bonchev–Trinajstić information content (AvgIpc) is 3.26. The third-order valence-corrected chi connectivity index (χ3v) is 4.11. The smallest absolute Gasteiger partial charge is 0.497 e. The highest BCUT2D eigenvalue weighted by atomic mass is 19.4. The number of benzene rings is 2. The van der Waals surface area contributed by atoms with Crippen LogP contribution in [0.5, 0.6) is 17.2 Å². The van der Waals surface area contributed by atoms with Gasteiger partial charge < -0.3 is 19.5 Å². The van der Waals surface area contributed by atoms with Crippen molar-refractivity contribution in [3.8, 4) is 28.5 Å². The van der Waals surface area contributed by atoms with Crippen molar-refractivity contribution in [3.63, 3.8) is 0 Å². The van der Waals surface area contributed by atoms with Crippen LogP contribution in [0.1, 0.15) is 29.9 Å². The molecule has 0 atom stereocenters. The SMILES string of the molecule is CC.COc1ccc(OC)c(-c2cc(CNC(=O)c3ccccc3OC(F)(F)F)[nH]n2)c1. The van der Waals surface area contributed by atoms with Crippen LogP contribution in [0.2, 0.25) is 0 Å². The van der Waals surface area contributed by atoms with Gasteiger partial charge in [0.1, 0.15) is 17.2 Å². The van der Waals surface area contributed by atoms with Gasteiger partial charge in [-0.05, 0) is 36.4 Å². The predicted molar refractivity (Wildman–Crippen MR) is 113 cm³/mol. The quantitative estimate of drug-likeness (QED) is 0.531. The van der Waals surface area contributed by atoms with Crippen LogP contribution in [0.3, 0.4) is 0 Å². The standard InChI is InChI=1S/C20H18F3N3O4.C2H6/c1-28-13-7-8-17(29-2)15(10-13)16-9-12(25-26-16)11-24-19(27)14-5-3-4-6-18(14)30-20(21,22)23;1-2/h3-10H,11H2,1-2H3,(H,24,27)(H,25,26);1-2H3. The summed E-state index contributed by atoms with van der Waals surface area (Å²) in [5.74, 6) is -0.0973.